The Hall–Kier alpha value is -3.15. The molecule has 122 valence electrons. The first-order chi connectivity index (χ1) is 11.5. The van der Waals surface area contributed by atoms with E-state index in [-0.39, 0.29) is 6.54 Å². The number of carbonyl (C=O) groups excluding carboxylic acids is 2. The Labute approximate surface area is 138 Å². The van der Waals surface area contributed by atoms with Gasteiger partial charge in [-0.05, 0) is 18.1 Å². The molecule has 2 aromatic rings. The third-order valence-electron chi connectivity index (χ3n) is 4.23. The van der Waals surface area contributed by atoms with Gasteiger partial charge in [0.25, 0.3) is 5.91 Å². The maximum absolute atomic E-state index is 13.1. The largest absolute Gasteiger partial charge is 0.464 e. The quantitative estimate of drug-likeness (QED) is 0.881. The van der Waals surface area contributed by atoms with Crippen molar-refractivity contribution in [2.75, 3.05) is 6.54 Å². The summed E-state index contributed by atoms with van der Waals surface area (Å²) >= 11 is 0. The smallest absolute Gasteiger partial charge is 0.422 e. The van der Waals surface area contributed by atoms with E-state index in [9.17, 15) is 19.5 Å². The number of benzene rings is 2. The summed E-state index contributed by atoms with van der Waals surface area (Å²) < 4.78 is 0. The van der Waals surface area contributed by atoms with Gasteiger partial charge in [0.1, 0.15) is 0 Å². The van der Waals surface area contributed by atoms with Gasteiger partial charge in [-0.2, -0.15) is 4.90 Å². The summed E-state index contributed by atoms with van der Waals surface area (Å²) in [5.41, 5.74) is -0.368. The van der Waals surface area contributed by atoms with Crippen LogP contribution in [0.25, 0.3) is 0 Å². The number of urea groups is 1. The van der Waals surface area contributed by atoms with Crippen molar-refractivity contribution < 1.29 is 19.5 Å². The lowest BCUT2D eigenvalue weighted by Gasteiger charge is -2.35. The molecule has 1 fully saturated rings. The first-order valence-electron chi connectivity index (χ1n) is 7.55. The normalized spacial score (nSPS) is 16.5. The molecule has 1 N–H and O–H groups in total. The zero-order valence-electron chi connectivity index (χ0n) is 13.0. The van der Waals surface area contributed by atoms with E-state index in [2.05, 4.69) is 0 Å². The number of likely N-dealkylation sites (N-methyl/N-ethyl adjacent to an activating group) is 1. The molecule has 24 heavy (non-hydrogen) atoms. The van der Waals surface area contributed by atoms with E-state index in [0.29, 0.717) is 16.0 Å². The van der Waals surface area contributed by atoms with Crippen molar-refractivity contribution in [1.29, 1.82) is 0 Å². The zero-order chi connectivity index (χ0) is 17.3. The lowest BCUT2D eigenvalue weighted by molar-refractivity contribution is -0.130. The maximum atomic E-state index is 13.1. The Morgan fingerprint density at radius 2 is 1.42 bits per heavy atom. The molecule has 0 radical (unpaired) electrons. The molecule has 0 unspecified atom stereocenters. The predicted molar refractivity (Wildman–Crippen MR) is 86.3 cm³/mol. The summed E-state index contributed by atoms with van der Waals surface area (Å²) in [5.74, 6) is -0.778. The van der Waals surface area contributed by atoms with Crippen LogP contribution in [0.3, 0.4) is 0 Å². The second-order valence-electron chi connectivity index (χ2n) is 5.39. The Kier molecular flexibility index (Phi) is 3.81. The van der Waals surface area contributed by atoms with Gasteiger partial charge in [0.15, 0.2) is 5.54 Å². The van der Waals surface area contributed by atoms with Crippen LogP contribution in [0, 0.1) is 0 Å². The van der Waals surface area contributed by atoms with Gasteiger partial charge in [-0.25, -0.2) is 9.59 Å². The average molecular weight is 324 g/mol. The molecule has 1 heterocycles. The topological polar surface area (TPSA) is 77.9 Å². The van der Waals surface area contributed by atoms with E-state index >= 15 is 0 Å². The molecule has 0 bridgehead atoms. The second kappa shape index (κ2) is 5.81. The van der Waals surface area contributed by atoms with Crippen LogP contribution in [-0.4, -0.2) is 39.5 Å². The highest BCUT2D eigenvalue weighted by atomic mass is 16.4. The number of nitrogens with zero attached hydrogens (tertiary/aromatic N) is 2. The van der Waals surface area contributed by atoms with Crippen molar-refractivity contribution >= 4 is 18.0 Å². The number of hydrogen-bond donors (Lipinski definition) is 1. The molecule has 2 aromatic carbocycles. The van der Waals surface area contributed by atoms with Crippen molar-refractivity contribution in [3.05, 3.63) is 71.8 Å². The Morgan fingerprint density at radius 3 is 1.79 bits per heavy atom. The fraction of sp³-hybridized carbons (Fsp3) is 0.167. The minimum Gasteiger partial charge on any atom is -0.464 e. The highest BCUT2D eigenvalue weighted by molar-refractivity contribution is 6.18. The van der Waals surface area contributed by atoms with Crippen LogP contribution in [-0.2, 0) is 10.3 Å². The van der Waals surface area contributed by atoms with Crippen molar-refractivity contribution in [1.82, 2.24) is 9.80 Å². The first-order valence-corrected chi connectivity index (χ1v) is 7.55. The summed E-state index contributed by atoms with van der Waals surface area (Å²) in [7, 11) is 0. The minimum atomic E-state index is -1.57. The molecular weight excluding hydrogens is 308 g/mol. The summed E-state index contributed by atoms with van der Waals surface area (Å²) in [5, 5.41) is 9.35. The van der Waals surface area contributed by atoms with Crippen LogP contribution in [0.2, 0.25) is 0 Å². The lowest BCUT2D eigenvalue weighted by atomic mass is 9.81. The third-order valence-corrected chi connectivity index (χ3v) is 4.23. The molecule has 1 saturated heterocycles. The van der Waals surface area contributed by atoms with E-state index in [1.54, 1.807) is 67.6 Å². The lowest BCUT2D eigenvalue weighted by Crippen LogP contribution is -2.48. The van der Waals surface area contributed by atoms with E-state index in [1.165, 1.54) is 4.90 Å². The molecule has 0 saturated carbocycles. The van der Waals surface area contributed by atoms with Crippen LogP contribution in [0.5, 0.6) is 0 Å². The van der Waals surface area contributed by atoms with E-state index in [0.717, 1.165) is 0 Å². The zero-order valence-corrected chi connectivity index (χ0v) is 13.0. The highest BCUT2D eigenvalue weighted by Crippen LogP contribution is 2.42. The summed E-state index contributed by atoms with van der Waals surface area (Å²) in [6.45, 7) is 1.91. The monoisotopic (exact) mass is 324 g/mol. The van der Waals surface area contributed by atoms with Gasteiger partial charge >= 0.3 is 12.1 Å². The third kappa shape index (κ3) is 2.00. The Balaban J connectivity index is 2.35. The average Bonchev–Trinajstić information content (AvgIpc) is 2.83. The maximum Gasteiger partial charge on any atom is 0.422 e. The predicted octanol–water partition coefficient (Wildman–Crippen LogP) is 2.89. The number of amides is 4. The fourth-order valence-electron chi connectivity index (χ4n) is 3.25. The van der Waals surface area contributed by atoms with Crippen LogP contribution >= 0.6 is 0 Å². The molecule has 4 amide bonds. The van der Waals surface area contributed by atoms with E-state index in [1.807, 2.05) is 0 Å². The number of hydrogen-bond acceptors (Lipinski definition) is 3. The number of carbonyl (C=O) groups is 3. The Bertz CT molecular complexity index is 750. The molecule has 1 aliphatic rings. The van der Waals surface area contributed by atoms with Gasteiger partial charge in [0.05, 0.1) is 0 Å². The summed E-state index contributed by atoms with van der Waals surface area (Å²) in [6.07, 6.45) is -1.57. The van der Waals surface area contributed by atoms with Crippen molar-refractivity contribution in [2.24, 2.45) is 0 Å². The SMILES string of the molecule is CCN1C(=O)N(C(=O)O)C(=O)C1(c1ccccc1)c1ccccc1. The van der Waals surface area contributed by atoms with Crippen LogP contribution in [0.4, 0.5) is 9.59 Å². The molecular formula is C18H16N2O4. The molecule has 0 spiro atoms. The highest BCUT2D eigenvalue weighted by Gasteiger charge is 2.61. The van der Waals surface area contributed by atoms with E-state index < -0.39 is 23.6 Å². The molecule has 6 nitrogen and oxygen atoms in total. The first kappa shape index (κ1) is 15.7. The fourth-order valence-corrected chi connectivity index (χ4v) is 3.25. The minimum absolute atomic E-state index is 0.193. The number of imide groups is 3. The van der Waals surface area contributed by atoms with Crippen LogP contribution < -0.4 is 0 Å². The van der Waals surface area contributed by atoms with Gasteiger partial charge in [0, 0.05) is 6.54 Å². The van der Waals surface area contributed by atoms with Gasteiger partial charge in [-0.1, -0.05) is 60.7 Å². The van der Waals surface area contributed by atoms with Crippen molar-refractivity contribution in [3.63, 3.8) is 0 Å². The summed E-state index contributed by atoms with van der Waals surface area (Å²) in [6, 6.07) is 16.7. The molecule has 3 rings (SSSR count). The van der Waals surface area contributed by atoms with Gasteiger partial charge in [0.2, 0.25) is 0 Å². The molecule has 6 heteroatoms. The van der Waals surface area contributed by atoms with Crippen LogP contribution in [0.15, 0.2) is 60.7 Å². The molecule has 0 aliphatic carbocycles. The van der Waals surface area contributed by atoms with Crippen molar-refractivity contribution in [3.8, 4) is 0 Å². The molecule has 0 atom stereocenters. The molecule has 1 aliphatic heterocycles. The van der Waals surface area contributed by atoms with E-state index in [4.69, 9.17) is 0 Å². The molecule has 0 aromatic heterocycles. The van der Waals surface area contributed by atoms with Crippen LogP contribution in [0.1, 0.15) is 18.1 Å². The van der Waals surface area contributed by atoms with Gasteiger partial charge in [-0.3, -0.25) is 4.79 Å². The standard InChI is InChI=1S/C18H16N2O4/c1-2-19-16(22)20(17(23)24)15(21)18(19,13-9-5-3-6-10-13)14-11-7-4-8-12-14/h3-12H,2H2,1H3,(H,23,24). The number of carboxylic acid groups (broad SMARTS) is 1. The van der Waals surface area contributed by atoms with Gasteiger partial charge < -0.3 is 10.0 Å². The summed E-state index contributed by atoms with van der Waals surface area (Å²) in [4.78, 5) is 38.8. The van der Waals surface area contributed by atoms with Gasteiger partial charge in [-0.15, -0.1) is 0 Å². The Morgan fingerprint density at radius 1 is 0.958 bits per heavy atom. The number of rotatable bonds is 3. The van der Waals surface area contributed by atoms with Crippen molar-refractivity contribution in [2.45, 2.75) is 12.5 Å². The second-order valence-corrected chi connectivity index (χ2v) is 5.39.